The smallest absolute Gasteiger partial charge is 0.328 e. The predicted octanol–water partition coefficient (Wildman–Crippen LogP) is 3.69. The number of hydrogen-bond acceptors (Lipinski definition) is 5. The predicted molar refractivity (Wildman–Crippen MR) is 105 cm³/mol. The maximum Gasteiger partial charge on any atom is 0.328 e. The topological polar surface area (TPSA) is 68.6 Å². The molecule has 27 heavy (non-hydrogen) atoms. The van der Waals surface area contributed by atoms with Gasteiger partial charge in [-0.05, 0) is 67.9 Å². The molecule has 1 aliphatic heterocycles. The fourth-order valence-electron chi connectivity index (χ4n) is 2.95. The van der Waals surface area contributed by atoms with E-state index in [1.165, 1.54) is 19.6 Å². The number of esters is 1. The molecule has 140 valence electrons. The van der Waals surface area contributed by atoms with Gasteiger partial charge in [0.2, 0.25) is 0 Å². The average Bonchev–Trinajstić information content (AvgIpc) is 3.21. The second-order valence-electron chi connectivity index (χ2n) is 6.27. The summed E-state index contributed by atoms with van der Waals surface area (Å²) in [6.45, 7) is 5.56. The largest absolute Gasteiger partial charge is 0.467 e. The van der Waals surface area contributed by atoms with Gasteiger partial charge in [0.15, 0.2) is 0 Å². The zero-order valence-electron chi connectivity index (χ0n) is 15.6. The maximum atomic E-state index is 12.7. The highest BCUT2D eigenvalue weighted by Gasteiger charge is 2.41. The van der Waals surface area contributed by atoms with Gasteiger partial charge in [0.1, 0.15) is 6.04 Å². The van der Waals surface area contributed by atoms with Gasteiger partial charge in [0.05, 0.1) is 12.0 Å². The summed E-state index contributed by atoms with van der Waals surface area (Å²) in [5.74, 6) is -1.12. The fraction of sp³-hybridized carbons (Fsp3) is 0.250. The molecule has 6 nitrogen and oxygen atoms in total. The number of nitrogens with zero attached hydrogens (tertiary/aromatic N) is 2. The van der Waals surface area contributed by atoms with E-state index in [2.05, 4.69) is 4.74 Å². The summed E-state index contributed by atoms with van der Waals surface area (Å²) in [5.41, 5.74) is 4.09. The van der Waals surface area contributed by atoms with E-state index in [4.69, 9.17) is 0 Å². The Morgan fingerprint density at radius 2 is 1.93 bits per heavy atom. The average molecular weight is 384 g/mol. The molecule has 0 spiro atoms. The number of aryl methyl sites for hydroxylation is 1. The molecule has 0 bridgehead atoms. The fourth-order valence-corrected chi connectivity index (χ4v) is 3.84. The molecule has 0 aliphatic carbocycles. The lowest BCUT2D eigenvalue weighted by Gasteiger charge is -2.18. The zero-order chi connectivity index (χ0) is 19.7. The number of amides is 2. The van der Waals surface area contributed by atoms with Gasteiger partial charge in [-0.1, -0.05) is 12.1 Å². The van der Waals surface area contributed by atoms with Crippen LogP contribution >= 0.6 is 11.8 Å². The van der Waals surface area contributed by atoms with E-state index >= 15 is 0 Å². The number of carbonyl (C=O) groups is 3. The van der Waals surface area contributed by atoms with Crippen molar-refractivity contribution in [2.24, 2.45) is 0 Å². The van der Waals surface area contributed by atoms with Crippen LogP contribution in [-0.4, -0.2) is 39.7 Å². The molecule has 3 rings (SSSR count). The molecule has 0 radical (unpaired) electrons. The molecule has 1 fully saturated rings. The molecular weight excluding hydrogens is 364 g/mol. The third-order valence-corrected chi connectivity index (χ3v) is 5.53. The first kappa shape index (κ1) is 19.0. The molecule has 1 aliphatic rings. The lowest BCUT2D eigenvalue weighted by molar-refractivity contribution is -0.148. The van der Waals surface area contributed by atoms with Gasteiger partial charge in [-0.3, -0.25) is 14.5 Å². The first-order chi connectivity index (χ1) is 12.8. The number of rotatable bonds is 4. The Hall–Kier alpha value is -2.80. The van der Waals surface area contributed by atoms with Crippen molar-refractivity contribution in [1.82, 2.24) is 9.47 Å². The molecule has 1 saturated heterocycles. The minimum absolute atomic E-state index is 0.279. The zero-order valence-corrected chi connectivity index (χ0v) is 16.4. The van der Waals surface area contributed by atoms with Crippen LogP contribution < -0.4 is 0 Å². The van der Waals surface area contributed by atoms with Gasteiger partial charge < -0.3 is 9.30 Å². The summed E-state index contributed by atoms with van der Waals surface area (Å²) in [5, 5.41) is -0.478. The van der Waals surface area contributed by atoms with Gasteiger partial charge in [-0.2, -0.15) is 0 Å². The Labute approximate surface area is 161 Å². The van der Waals surface area contributed by atoms with Crippen molar-refractivity contribution >= 4 is 35.0 Å². The number of methoxy groups -OCH3 is 1. The number of thioether (sulfide) groups is 1. The third kappa shape index (κ3) is 3.42. The van der Waals surface area contributed by atoms with Crippen LogP contribution in [0.1, 0.15) is 23.7 Å². The lowest BCUT2D eigenvalue weighted by Crippen LogP contribution is -2.42. The van der Waals surface area contributed by atoms with Crippen molar-refractivity contribution < 1.29 is 19.1 Å². The Morgan fingerprint density at radius 3 is 2.63 bits per heavy atom. The lowest BCUT2D eigenvalue weighted by atomic mass is 10.1. The summed E-state index contributed by atoms with van der Waals surface area (Å²) in [4.78, 5) is 37.9. The Bertz CT molecular complexity index is 961. The van der Waals surface area contributed by atoms with Crippen LogP contribution in [0.15, 0.2) is 41.4 Å². The summed E-state index contributed by atoms with van der Waals surface area (Å²) in [6.07, 6.45) is 3.59. The second-order valence-corrected chi connectivity index (χ2v) is 7.27. The molecule has 2 aromatic rings. The normalized spacial score (nSPS) is 16.9. The van der Waals surface area contributed by atoms with Crippen LogP contribution in [0, 0.1) is 13.8 Å². The highest BCUT2D eigenvalue weighted by atomic mass is 32.2. The minimum Gasteiger partial charge on any atom is -0.467 e. The summed E-state index contributed by atoms with van der Waals surface area (Å²) >= 11 is 0.825. The Balaban J connectivity index is 1.97. The SMILES string of the molecule is COC(=O)[C@H](C)N1C(=O)S/C(=C/c2cccn2-c2cccc(C)c2C)C1=O. The number of carbonyl (C=O) groups excluding carboxylic acids is 3. The van der Waals surface area contributed by atoms with Gasteiger partial charge in [-0.15, -0.1) is 0 Å². The number of imide groups is 1. The van der Waals surface area contributed by atoms with Crippen LogP contribution in [0.3, 0.4) is 0 Å². The molecule has 1 atom stereocenters. The first-order valence-corrected chi connectivity index (χ1v) is 9.25. The Morgan fingerprint density at radius 1 is 1.19 bits per heavy atom. The van der Waals surface area contributed by atoms with Crippen LogP contribution in [0.2, 0.25) is 0 Å². The van der Waals surface area contributed by atoms with Gasteiger partial charge in [0, 0.05) is 17.6 Å². The molecule has 0 saturated carbocycles. The van der Waals surface area contributed by atoms with E-state index in [0.29, 0.717) is 0 Å². The molecule has 0 N–H and O–H groups in total. The molecule has 1 aromatic heterocycles. The quantitative estimate of drug-likeness (QED) is 0.594. The van der Waals surface area contributed by atoms with E-state index in [1.807, 2.05) is 54.9 Å². The van der Waals surface area contributed by atoms with E-state index in [1.54, 1.807) is 6.08 Å². The summed E-state index contributed by atoms with van der Waals surface area (Å²) in [7, 11) is 1.23. The number of aromatic nitrogens is 1. The Kier molecular flexibility index (Phi) is 5.23. The third-order valence-electron chi connectivity index (χ3n) is 4.65. The van der Waals surface area contributed by atoms with Gasteiger partial charge in [0.25, 0.3) is 11.1 Å². The highest BCUT2D eigenvalue weighted by molar-refractivity contribution is 8.18. The van der Waals surface area contributed by atoms with Gasteiger partial charge in [-0.25, -0.2) is 4.79 Å². The van der Waals surface area contributed by atoms with E-state index in [9.17, 15) is 14.4 Å². The highest BCUT2D eigenvalue weighted by Crippen LogP contribution is 2.34. The summed E-state index contributed by atoms with van der Waals surface area (Å²) < 4.78 is 6.62. The van der Waals surface area contributed by atoms with E-state index in [-0.39, 0.29) is 4.91 Å². The molecule has 7 heteroatoms. The molecular formula is C20H20N2O4S. The van der Waals surface area contributed by atoms with Crippen LogP contribution in [0.25, 0.3) is 11.8 Å². The molecule has 1 aromatic carbocycles. The van der Waals surface area contributed by atoms with E-state index < -0.39 is 23.2 Å². The second kappa shape index (κ2) is 7.44. The van der Waals surface area contributed by atoms with Crippen LogP contribution in [-0.2, 0) is 14.3 Å². The van der Waals surface area contributed by atoms with Crippen molar-refractivity contribution in [3.05, 3.63) is 58.3 Å². The number of benzene rings is 1. The molecule has 0 unspecified atom stereocenters. The molecule has 2 heterocycles. The van der Waals surface area contributed by atoms with Crippen LogP contribution in [0.5, 0.6) is 0 Å². The van der Waals surface area contributed by atoms with Crippen molar-refractivity contribution in [2.45, 2.75) is 26.8 Å². The van der Waals surface area contributed by atoms with E-state index in [0.717, 1.165) is 33.6 Å². The van der Waals surface area contributed by atoms with Crippen molar-refractivity contribution in [2.75, 3.05) is 7.11 Å². The first-order valence-electron chi connectivity index (χ1n) is 8.44. The van der Waals surface area contributed by atoms with Gasteiger partial charge >= 0.3 is 5.97 Å². The number of hydrogen-bond donors (Lipinski definition) is 0. The monoisotopic (exact) mass is 384 g/mol. The minimum atomic E-state index is -0.959. The maximum absolute atomic E-state index is 12.7. The summed E-state index contributed by atoms with van der Waals surface area (Å²) in [6, 6.07) is 8.83. The number of ether oxygens (including phenoxy) is 1. The van der Waals surface area contributed by atoms with Crippen molar-refractivity contribution in [1.29, 1.82) is 0 Å². The molecule has 2 amide bonds. The standard InChI is InChI=1S/C20H20N2O4S/c1-12-7-5-9-16(13(12)2)21-10-6-8-15(21)11-17-18(23)22(20(25)27-17)14(3)19(24)26-4/h5-11,14H,1-4H3/b17-11+/t14-/m0/s1. The van der Waals surface area contributed by atoms with Crippen molar-refractivity contribution in [3.63, 3.8) is 0 Å². The van der Waals surface area contributed by atoms with Crippen molar-refractivity contribution in [3.8, 4) is 5.69 Å². The van der Waals surface area contributed by atoms with Crippen LogP contribution in [0.4, 0.5) is 4.79 Å².